The molecule has 1 atom stereocenters. The van der Waals surface area contributed by atoms with Crippen LogP contribution in [0.1, 0.15) is 23.7 Å². The van der Waals surface area contributed by atoms with Gasteiger partial charge in [-0.15, -0.1) is 24.8 Å². The number of ether oxygens (including phenoxy) is 1. The Kier molecular flexibility index (Phi) is 10.7. The summed E-state index contributed by atoms with van der Waals surface area (Å²) in [4.78, 5) is 12.3. The first-order valence-electron chi connectivity index (χ1n) is 7.64. The van der Waals surface area contributed by atoms with Crippen molar-refractivity contribution in [2.75, 3.05) is 19.0 Å². The Balaban J connectivity index is 0.00000288. The molecule has 0 saturated heterocycles. The van der Waals surface area contributed by atoms with E-state index in [0.29, 0.717) is 12.1 Å². The fourth-order valence-electron chi connectivity index (χ4n) is 2.16. The van der Waals surface area contributed by atoms with Crippen molar-refractivity contribution >= 4 is 42.1 Å². The molecule has 4 N–H and O–H groups in total. The van der Waals surface area contributed by atoms with Crippen LogP contribution in [0.5, 0.6) is 5.75 Å². The van der Waals surface area contributed by atoms with Crippen LogP contribution in [0.2, 0.25) is 0 Å². The number of nitrogens with one attached hydrogen (secondary N) is 2. The molecule has 0 spiro atoms. The Morgan fingerprint density at radius 1 is 1.16 bits per heavy atom. The number of hydrogen-bond acceptors (Lipinski definition) is 4. The van der Waals surface area contributed by atoms with Gasteiger partial charge in [0.15, 0.2) is 0 Å². The molecule has 0 radical (unpaired) electrons. The van der Waals surface area contributed by atoms with E-state index >= 15 is 0 Å². The minimum atomic E-state index is -0.114. The number of hydrogen-bond donors (Lipinski definition) is 3. The average Bonchev–Trinajstić information content (AvgIpc) is 2.55. The second-order valence-corrected chi connectivity index (χ2v) is 5.42. The van der Waals surface area contributed by atoms with Crippen LogP contribution in [0.25, 0.3) is 0 Å². The normalized spacial score (nSPS) is 10.7. The lowest BCUT2D eigenvalue weighted by Crippen LogP contribution is -2.29. The summed E-state index contributed by atoms with van der Waals surface area (Å²) in [6.45, 7) is 2.48. The first-order chi connectivity index (χ1) is 11.1. The molecule has 0 aliphatic rings. The standard InChI is InChI=1S/C18H23N3O2.2ClH/c1-13(19)10-11-20-18(22)16-8-3-4-9-17(16)21-14-6-5-7-15(12-14)23-2;;/h3-9,12-13,21H,10-11,19H2,1-2H3,(H,20,22);2*1H. The zero-order valence-corrected chi connectivity index (χ0v) is 16.0. The smallest absolute Gasteiger partial charge is 0.253 e. The van der Waals surface area contributed by atoms with Crippen LogP contribution < -0.4 is 21.1 Å². The molecule has 7 heteroatoms. The number of carbonyl (C=O) groups is 1. The fraction of sp³-hybridized carbons (Fsp3) is 0.278. The van der Waals surface area contributed by atoms with Gasteiger partial charge in [0.05, 0.1) is 18.4 Å². The number of nitrogens with two attached hydrogens (primary N) is 1. The molecule has 0 bridgehead atoms. The van der Waals surface area contributed by atoms with Crippen LogP contribution in [0.3, 0.4) is 0 Å². The molecule has 0 aliphatic carbocycles. The average molecular weight is 386 g/mol. The van der Waals surface area contributed by atoms with Crippen molar-refractivity contribution in [3.05, 3.63) is 54.1 Å². The van der Waals surface area contributed by atoms with Gasteiger partial charge in [-0.05, 0) is 37.6 Å². The molecule has 1 unspecified atom stereocenters. The van der Waals surface area contributed by atoms with Crippen LogP contribution in [0.4, 0.5) is 11.4 Å². The topological polar surface area (TPSA) is 76.4 Å². The van der Waals surface area contributed by atoms with Crippen molar-refractivity contribution in [2.45, 2.75) is 19.4 Å². The van der Waals surface area contributed by atoms with Crippen LogP contribution in [-0.4, -0.2) is 25.6 Å². The summed E-state index contributed by atoms with van der Waals surface area (Å²) >= 11 is 0. The fourth-order valence-corrected chi connectivity index (χ4v) is 2.16. The predicted octanol–water partition coefficient (Wildman–Crippen LogP) is 3.75. The monoisotopic (exact) mass is 385 g/mol. The third kappa shape index (κ3) is 7.22. The van der Waals surface area contributed by atoms with Gasteiger partial charge in [0, 0.05) is 24.3 Å². The molecule has 5 nitrogen and oxygen atoms in total. The Bertz CT molecular complexity index is 666. The maximum atomic E-state index is 12.3. The first-order valence-corrected chi connectivity index (χ1v) is 7.64. The van der Waals surface area contributed by atoms with E-state index in [1.54, 1.807) is 13.2 Å². The molecule has 1 amide bonds. The maximum Gasteiger partial charge on any atom is 0.253 e. The lowest BCUT2D eigenvalue weighted by molar-refractivity contribution is 0.0953. The third-order valence-electron chi connectivity index (χ3n) is 3.41. The molecule has 2 aromatic rings. The number of carbonyl (C=O) groups excluding carboxylic acids is 1. The molecule has 0 heterocycles. The zero-order chi connectivity index (χ0) is 16.7. The second-order valence-electron chi connectivity index (χ2n) is 5.42. The summed E-state index contributed by atoms with van der Waals surface area (Å²) in [5.74, 6) is 0.644. The van der Waals surface area contributed by atoms with Gasteiger partial charge < -0.3 is 21.1 Å². The molecular formula is C18H25Cl2N3O2. The van der Waals surface area contributed by atoms with Gasteiger partial charge in [0.2, 0.25) is 0 Å². The Labute approximate surface area is 161 Å². The van der Waals surface area contributed by atoms with Gasteiger partial charge in [-0.3, -0.25) is 4.79 Å². The lowest BCUT2D eigenvalue weighted by Gasteiger charge is -2.13. The van der Waals surface area contributed by atoms with Crippen molar-refractivity contribution in [3.63, 3.8) is 0 Å². The summed E-state index contributed by atoms with van der Waals surface area (Å²) in [6, 6.07) is 15.0. The third-order valence-corrected chi connectivity index (χ3v) is 3.41. The van der Waals surface area contributed by atoms with Crippen molar-refractivity contribution in [3.8, 4) is 5.75 Å². The van der Waals surface area contributed by atoms with Crippen LogP contribution in [0, 0.1) is 0 Å². The molecular weight excluding hydrogens is 361 g/mol. The number of anilines is 2. The zero-order valence-electron chi connectivity index (χ0n) is 14.3. The minimum Gasteiger partial charge on any atom is -0.497 e. The predicted molar refractivity (Wildman–Crippen MR) is 108 cm³/mol. The van der Waals surface area contributed by atoms with Crippen LogP contribution in [-0.2, 0) is 0 Å². The maximum absolute atomic E-state index is 12.3. The summed E-state index contributed by atoms with van der Waals surface area (Å²) in [5, 5.41) is 6.16. The summed E-state index contributed by atoms with van der Waals surface area (Å²) in [6.07, 6.45) is 0.747. The first kappa shape index (κ1) is 23.1. The number of methoxy groups -OCH3 is 1. The summed E-state index contributed by atoms with van der Waals surface area (Å²) in [5.41, 5.74) is 7.91. The number of halogens is 2. The van der Waals surface area contributed by atoms with E-state index in [1.165, 1.54) is 0 Å². The largest absolute Gasteiger partial charge is 0.497 e. The Hall–Kier alpha value is -1.95. The van der Waals surface area contributed by atoms with E-state index in [1.807, 2.05) is 49.4 Å². The van der Waals surface area contributed by atoms with Gasteiger partial charge in [-0.1, -0.05) is 18.2 Å². The summed E-state index contributed by atoms with van der Waals surface area (Å²) < 4.78 is 5.21. The molecule has 2 rings (SSSR count). The van der Waals surface area contributed by atoms with E-state index in [4.69, 9.17) is 10.5 Å². The van der Waals surface area contributed by atoms with Crippen molar-refractivity contribution in [1.82, 2.24) is 5.32 Å². The molecule has 0 saturated carbocycles. The highest BCUT2D eigenvalue weighted by Gasteiger charge is 2.11. The van der Waals surface area contributed by atoms with Gasteiger partial charge in [-0.2, -0.15) is 0 Å². The van der Waals surface area contributed by atoms with E-state index in [9.17, 15) is 4.79 Å². The van der Waals surface area contributed by atoms with E-state index in [-0.39, 0.29) is 36.8 Å². The lowest BCUT2D eigenvalue weighted by atomic mass is 10.1. The van der Waals surface area contributed by atoms with Gasteiger partial charge in [0.1, 0.15) is 5.75 Å². The van der Waals surface area contributed by atoms with Crippen molar-refractivity contribution in [1.29, 1.82) is 0 Å². The summed E-state index contributed by atoms with van der Waals surface area (Å²) in [7, 11) is 1.62. The van der Waals surface area contributed by atoms with Crippen molar-refractivity contribution in [2.24, 2.45) is 5.73 Å². The van der Waals surface area contributed by atoms with Crippen LogP contribution >= 0.6 is 24.8 Å². The van der Waals surface area contributed by atoms with Crippen LogP contribution in [0.15, 0.2) is 48.5 Å². The van der Waals surface area contributed by atoms with Gasteiger partial charge in [-0.25, -0.2) is 0 Å². The minimum absolute atomic E-state index is 0. The van der Waals surface area contributed by atoms with Gasteiger partial charge >= 0.3 is 0 Å². The molecule has 25 heavy (non-hydrogen) atoms. The van der Waals surface area contributed by atoms with E-state index in [0.717, 1.165) is 23.5 Å². The number of para-hydroxylation sites is 1. The Morgan fingerprint density at radius 3 is 2.56 bits per heavy atom. The highest BCUT2D eigenvalue weighted by Crippen LogP contribution is 2.23. The molecule has 0 aliphatic heterocycles. The highest BCUT2D eigenvalue weighted by molar-refractivity contribution is 6.00. The number of rotatable bonds is 7. The molecule has 0 fully saturated rings. The number of amides is 1. The SMILES string of the molecule is COc1cccc(Nc2ccccc2C(=O)NCCC(C)N)c1.Cl.Cl. The number of benzene rings is 2. The highest BCUT2D eigenvalue weighted by atomic mass is 35.5. The van der Waals surface area contributed by atoms with Gasteiger partial charge in [0.25, 0.3) is 5.91 Å². The van der Waals surface area contributed by atoms with Crippen molar-refractivity contribution < 1.29 is 9.53 Å². The van der Waals surface area contributed by atoms with E-state index < -0.39 is 0 Å². The molecule has 0 aromatic heterocycles. The molecule has 138 valence electrons. The van der Waals surface area contributed by atoms with E-state index in [2.05, 4.69) is 10.6 Å². The molecule has 2 aromatic carbocycles. The second kappa shape index (κ2) is 11.6. The Morgan fingerprint density at radius 2 is 1.88 bits per heavy atom. The quantitative estimate of drug-likeness (QED) is 0.678.